The first-order valence-electron chi connectivity index (χ1n) is 11.0. The zero-order chi connectivity index (χ0) is 19.6. The third kappa shape index (κ3) is 6.79. The number of ketones is 1. The summed E-state index contributed by atoms with van der Waals surface area (Å²) >= 11 is 0. The summed E-state index contributed by atoms with van der Waals surface area (Å²) in [5, 5.41) is 0. The molecule has 0 bridgehead atoms. The lowest BCUT2D eigenvalue weighted by Crippen LogP contribution is -2.37. The summed E-state index contributed by atoms with van der Waals surface area (Å²) in [6.45, 7) is 8.19. The second-order valence-corrected chi connectivity index (χ2v) is 8.17. The molecule has 1 aliphatic rings. The quantitative estimate of drug-likeness (QED) is 0.375. The zero-order valence-electron chi connectivity index (χ0n) is 17.5. The largest absolute Gasteiger partial charge is 0.343 e. The zero-order valence-corrected chi connectivity index (χ0v) is 17.5. The first-order valence-corrected chi connectivity index (χ1v) is 11.0. The number of Topliss-reactive ketones (excluding diaryl/α,β-unsaturated/α-hetero) is 1. The maximum atomic E-state index is 12.4. The van der Waals surface area contributed by atoms with Crippen LogP contribution in [0.1, 0.15) is 100 Å². The summed E-state index contributed by atoms with van der Waals surface area (Å²) in [6, 6.07) is 8.11. The van der Waals surface area contributed by atoms with Crippen molar-refractivity contribution in [3.63, 3.8) is 0 Å². The van der Waals surface area contributed by atoms with Crippen molar-refractivity contribution >= 4 is 11.7 Å². The molecule has 0 aliphatic carbocycles. The number of rotatable bonds is 10. The highest BCUT2D eigenvalue weighted by atomic mass is 16.2. The first kappa shape index (κ1) is 21.7. The maximum Gasteiger partial charge on any atom is 0.222 e. The third-order valence-corrected chi connectivity index (χ3v) is 6.16. The van der Waals surface area contributed by atoms with Gasteiger partial charge in [0.1, 0.15) is 0 Å². The van der Waals surface area contributed by atoms with E-state index in [0.29, 0.717) is 24.7 Å². The van der Waals surface area contributed by atoms with Gasteiger partial charge in [-0.15, -0.1) is 0 Å². The van der Waals surface area contributed by atoms with Gasteiger partial charge < -0.3 is 4.90 Å². The molecule has 1 aromatic rings. The van der Waals surface area contributed by atoms with Crippen molar-refractivity contribution in [3.8, 4) is 0 Å². The van der Waals surface area contributed by atoms with E-state index in [4.69, 9.17) is 0 Å². The first-order chi connectivity index (χ1) is 13.0. The van der Waals surface area contributed by atoms with Gasteiger partial charge in [-0.1, -0.05) is 70.7 Å². The number of carbonyl (C=O) groups excluding carboxylic acids is 2. The van der Waals surface area contributed by atoms with Gasteiger partial charge in [0.15, 0.2) is 5.78 Å². The molecule has 1 atom stereocenters. The fourth-order valence-corrected chi connectivity index (χ4v) is 3.92. The molecule has 1 aliphatic heterocycles. The van der Waals surface area contributed by atoms with Gasteiger partial charge in [-0.25, -0.2) is 0 Å². The summed E-state index contributed by atoms with van der Waals surface area (Å²) in [5.74, 6) is 1.86. The molecule has 1 unspecified atom stereocenters. The van der Waals surface area contributed by atoms with Gasteiger partial charge in [-0.3, -0.25) is 9.59 Å². The maximum absolute atomic E-state index is 12.4. The molecule has 1 aromatic carbocycles. The van der Waals surface area contributed by atoms with Crippen molar-refractivity contribution < 1.29 is 9.59 Å². The van der Waals surface area contributed by atoms with Crippen LogP contribution in [0.5, 0.6) is 0 Å². The highest BCUT2D eigenvalue weighted by Gasteiger charge is 2.23. The van der Waals surface area contributed by atoms with E-state index >= 15 is 0 Å². The summed E-state index contributed by atoms with van der Waals surface area (Å²) in [6.07, 6.45) is 9.32. The Balaban J connectivity index is 1.70. The molecule has 0 aromatic heterocycles. The number of hydrogen-bond acceptors (Lipinski definition) is 2. The fraction of sp³-hybridized carbons (Fsp3) is 0.667. The van der Waals surface area contributed by atoms with Crippen LogP contribution in [-0.4, -0.2) is 29.7 Å². The Kier molecular flexibility index (Phi) is 9.03. The highest BCUT2D eigenvalue weighted by molar-refractivity contribution is 5.95. The van der Waals surface area contributed by atoms with Crippen LogP contribution in [0.15, 0.2) is 24.3 Å². The molecule has 1 heterocycles. The average molecular weight is 372 g/mol. The number of hydrogen-bond donors (Lipinski definition) is 0. The second kappa shape index (κ2) is 11.3. The van der Waals surface area contributed by atoms with E-state index in [0.717, 1.165) is 43.8 Å². The number of nitrogens with zero attached hydrogens (tertiary/aromatic N) is 1. The van der Waals surface area contributed by atoms with Gasteiger partial charge in [-0.05, 0) is 36.7 Å². The summed E-state index contributed by atoms with van der Waals surface area (Å²) < 4.78 is 0. The van der Waals surface area contributed by atoms with Gasteiger partial charge in [-0.2, -0.15) is 0 Å². The van der Waals surface area contributed by atoms with Crippen molar-refractivity contribution in [1.29, 1.82) is 0 Å². The molecule has 0 spiro atoms. The lowest BCUT2D eigenvalue weighted by Gasteiger charge is -2.32. The van der Waals surface area contributed by atoms with E-state index in [9.17, 15) is 9.59 Å². The van der Waals surface area contributed by atoms with E-state index in [1.807, 2.05) is 19.1 Å². The van der Waals surface area contributed by atoms with Gasteiger partial charge in [0.25, 0.3) is 0 Å². The molecule has 0 N–H and O–H groups in total. The fourth-order valence-electron chi connectivity index (χ4n) is 3.92. The molecule has 3 heteroatoms. The predicted molar refractivity (Wildman–Crippen MR) is 112 cm³/mol. The average Bonchev–Trinajstić information content (AvgIpc) is 2.72. The normalized spacial score (nSPS) is 16.3. The van der Waals surface area contributed by atoms with Gasteiger partial charge in [0.2, 0.25) is 5.91 Å². The van der Waals surface area contributed by atoms with E-state index < -0.39 is 0 Å². The Morgan fingerprint density at radius 3 is 2.30 bits per heavy atom. The lowest BCUT2D eigenvalue weighted by atomic mass is 9.88. The molecule has 0 saturated carbocycles. The summed E-state index contributed by atoms with van der Waals surface area (Å²) in [4.78, 5) is 26.2. The van der Waals surface area contributed by atoms with E-state index in [-0.39, 0.29) is 5.78 Å². The van der Waals surface area contributed by atoms with Gasteiger partial charge >= 0.3 is 0 Å². The molecule has 3 nitrogen and oxygen atoms in total. The number of likely N-dealkylation sites (tertiary alicyclic amines) is 1. The Bertz CT molecular complexity index is 585. The SMILES string of the molecule is CCC(=O)c1ccc(C2CCN(C(=O)CCCCCC(C)CC)CC2)cc1. The van der Waals surface area contributed by atoms with Crippen molar-refractivity contribution in [2.45, 2.75) is 84.5 Å². The van der Waals surface area contributed by atoms with Crippen LogP contribution < -0.4 is 0 Å². The van der Waals surface area contributed by atoms with Crippen molar-refractivity contribution in [2.75, 3.05) is 13.1 Å². The molecular weight excluding hydrogens is 334 g/mol. The van der Waals surface area contributed by atoms with Crippen LogP contribution >= 0.6 is 0 Å². The predicted octanol–water partition coefficient (Wildman–Crippen LogP) is 5.98. The van der Waals surface area contributed by atoms with Crippen molar-refractivity contribution in [1.82, 2.24) is 4.90 Å². The summed E-state index contributed by atoms with van der Waals surface area (Å²) in [5.41, 5.74) is 2.11. The van der Waals surface area contributed by atoms with Crippen molar-refractivity contribution in [2.24, 2.45) is 5.92 Å². The van der Waals surface area contributed by atoms with Crippen LogP contribution in [0.25, 0.3) is 0 Å². The van der Waals surface area contributed by atoms with Crippen LogP contribution in [-0.2, 0) is 4.79 Å². The minimum Gasteiger partial charge on any atom is -0.343 e. The van der Waals surface area contributed by atoms with E-state index in [2.05, 4.69) is 30.9 Å². The number of carbonyl (C=O) groups is 2. The van der Waals surface area contributed by atoms with E-state index in [1.165, 1.54) is 31.2 Å². The van der Waals surface area contributed by atoms with Crippen molar-refractivity contribution in [3.05, 3.63) is 35.4 Å². The number of amides is 1. The minimum atomic E-state index is 0.200. The van der Waals surface area contributed by atoms with E-state index in [1.54, 1.807) is 0 Å². The van der Waals surface area contributed by atoms with Gasteiger partial charge in [0.05, 0.1) is 0 Å². The Hall–Kier alpha value is -1.64. The monoisotopic (exact) mass is 371 g/mol. The Morgan fingerprint density at radius 2 is 1.70 bits per heavy atom. The molecule has 1 saturated heterocycles. The Labute approximate surface area is 165 Å². The number of benzene rings is 1. The molecule has 0 radical (unpaired) electrons. The molecule has 1 fully saturated rings. The second-order valence-electron chi connectivity index (χ2n) is 8.17. The molecule has 150 valence electrons. The molecule has 2 rings (SSSR count). The van der Waals surface area contributed by atoms with Gasteiger partial charge in [0, 0.05) is 31.5 Å². The number of piperidine rings is 1. The topological polar surface area (TPSA) is 37.4 Å². The summed E-state index contributed by atoms with van der Waals surface area (Å²) in [7, 11) is 0. The Morgan fingerprint density at radius 1 is 1.04 bits per heavy atom. The highest BCUT2D eigenvalue weighted by Crippen LogP contribution is 2.28. The minimum absolute atomic E-state index is 0.200. The standard InChI is InChI=1S/C24H37NO2/c1-4-19(3)9-7-6-8-10-24(27)25-17-15-21(16-18-25)20-11-13-22(14-12-20)23(26)5-2/h11-14,19,21H,4-10,15-18H2,1-3H3. The van der Waals surface area contributed by atoms with Crippen LogP contribution in [0.2, 0.25) is 0 Å². The molecule has 27 heavy (non-hydrogen) atoms. The molecular formula is C24H37NO2. The van der Waals surface area contributed by atoms with Crippen LogP contribution in [0, 0.1) is 5.92 Å². The van der Waals surface area contributed by atoms with Crippen LogP contribution in [0.4, 0.5) is 0 Å². The lowest BCUT2D eigenvalue weighted by molar-refractivity contribution is -0.132. The number of unbranched alkanes of at least 4 members (excludes halogenated alkanes) is 2. The third-order valence-electron chi connectivity index (χ3n) is 6.16. The smallest absolute Gasteiger partial charge is 0.222 e. The molecule has 1 amide bonds. The van der Waals surface area contributed by atoms with Crippen LogP contribution in [0.3, 0.4) is 0 Å².